The number of carboxylic acid groups (broad SMARTS) is 1. The third-order valence-electron chi connectivity index (χ3n) is 2.28. The molecular weight excluding hydrogens is 164 g/mol. The molecule has 1 heterocycles. The first-order chi connectivity index (χ1) is 5.22. The van der Waals surface area contributed by atoms with Crippen LogP contribution in [0.2, 0.25) is 0 Å². The Bertz CT molecular complexity index is 178. The molecule has 0 aromatic carbocycles. The molecule has 1 spiro atoms. The van der Waals surface area contributed by atoms with Crippen molar-refractivity contribution in [3.8, 4) is 0 Å². The number of thioether (sulfide) groups is 1. The summed E-state index contributed by atoms with van der Waals surface area (Å²) in [4.78, 5) is 10.4. The quantitative estimate of drug-likeness (QED) is 0.642. The lowest BCUT2D eigenvalue weighted by molar-refractivity contribution is -0.152. The Morgan fingerprint density at radius 2 is 2.36 bits per heavy atom. The first kappa shape index (κ1) is 7.43. The predicted octanol–water partition coefficient (Wildman–Crippen LogP) is 0.941. The zero-order valence-corrected chi connectivity index (χ0v) is 6.89. The molecule has 0 aromatic rings. The molecule has 0 atom stereocenters. The average Bonchev–Trinajstić information content (AvgIpc) is 2.29. The molecule has 0 amide bonds. The van der Waals surface area contributed by atoms with Gasteiger partial charge in [-0.25, -0.2) is 0 Å². The zero-order chi connectivity index (χ0) is 7.90. The van der Waals surface area contributed by atoms with Crippen molar-refractivity contribution in [2.75, 3.05) is 12.4 Å². The normalized spacial score (nSPS) is 42.4. The van der Waals surface area contributed by atoms with E-state index in [1.54, 1.807) is 11.8 Å². The zero-order valence-electron chi connectivity index (χ0n) is 6.08. The van der Waals surface area contributed by atoms with Gasteiger partial charge in [-0.15, -0.1) is 11.8 Å². The van der Waals surface area contributed by atoms with E-state index in [0.29, 0.717) is 12.8 Å². The maximum atomic E-state index is 10.5. The SMILES string of the molecule is O=C(O)C1CC2(C1)OCCS2. The minimum Gasteiger partial charge on any atom is -0.481 e. The summed E-state index contributed by atoms with van der Waals surface area (Å²) in [5.74, 6) is 0.194. The molecule has 3 nitrogen and oxygen atoms in total. The van der Waals surface area contributed by atoms with Gasteiger partial charge in [0.1, 0.15) is 4.93 Å². The second-order valence-corrected chi connectivity index (χ2v) is 4.49. The molecule has 11 heavy (non-hydrogen) atoms. The highest BCUT2D eigenvalue weighted by Crippen LogP contribution is 2.51. The number of aliphatic carboxylic acids is 1. The van der Waals surface area contributed by atoms with E-state index in [4.69, 9.17) is 9.84 Å². The first-order valence-electron chi connectivity index (χ1n) is 3.73. The van der Waals surface area contributed by atoms with Crippen LogP contribution in [-0.4, -0.2) is 28.4 Å². The maximum absolute atomic E-state index is 10.5. The second kappa shape index (κ2) is 2.38. The van der Waals surface area contributed by atoms with Gasteiger partial charge in [-0.3, -0.25) is 4.79 Å². The van der Waals surface area contributed by atoms with E-state index in [2.05, 4.69) is 0 Å². The molecule has 2 aliphatic rings. The topological polar surface area (TPSA) is 46.5 Å². The van der Waals surface area contributed by atoms with Crippen molar-refractivity contribution in [3.63, 3.8) is 0 Å². The van der Waals surface area contributed by atoms with Crippen molar-refractivity contribution in [1.82, 2.24) is 0 Å². The molecule has 0 radical (unpaired) electrons. The van der Waals surface area contributed by atoms with E-state index >= 15 is 0 Å². The highest BCUT2D eigenvalue weighted by Gasteiger charge is 2.51. The summed E-state index contributed by atoms with van der Waals surface area (Å²) in [6.07, 6.45) is 1.40. The fraction of sp³-hybridized carbons (Fsp3) is 0.857. The van der Waals surface area contributed by atoms with Crippen LogP contribution in [0.5, 0.6) is 0 Å². The Balaban J connectivity index is 1.91. The molecule has 0 bridgehead atoms. The number of carboxylic acids is 1. The number of hydrogen-bond acceptors (Lipinski definition) is 3. The highest BCUT2D eigenvalue weighted by atomic mass is 32.2. The molecule has 1 aliphatic carbocycles. The molecule has 0 aromatic heterocycles. The Morgan fingerprint density at radius 3 is 2.82 bits per heavy atom. The molecule has 2 rings (SSSR count). The van der Waals surface area contributed by atoms with Gasteiger partial charge in [-0.2, -0.15) is 0 Å². The van der Waals surface area contributed by atoms with Gasteiger partial charge in [-0.05, 0) is 12.8 Å². The fourth-order valence-corrected chi connectivity index (χ4v) is 2.94. The summed E-state index contributed by atoms with van der Waals surface area (Å²) in [7, 11) is 0. The number of carbonyl (C=O) groups is 1. The highest BCUT2D eigenvalue weighted by molar-refractivity contribution is 8.00. The summed E-state index contributed by atoms with van der Waals surface area (Å²) in [6, 6.07) is 0. The van der Waals surface area contributed by atoms with Crippen LogP contribution in [0.1, 0.15) is 12.8 Å². The van der Waals surface area contributed by atoms with Crippen LogP contribution in [0.15, 0.2) is 0 Å². The Labute approximate surface area is 69.1 Å². The summed E-state index contributed by atoms with van der Waals surface area (Å²) < 4.78 is 5.46. The van der Waals surface area contributed by atoms with Crippen molar-refractivity contribution in [3.05, 3.63) is 0 Å². The van der Waals surface area contributed by atoms with E-state index in [0.717, 1.165) is 12.4 Å². The van der Waals surface area contributed by atoms with Crippen LogP contribution in [0.25, 0.3) is 0 Å². The van der Waals surface area contributed by atoms with Gasteiger partial charge in [0.2, 0.25) is 0 Å². The Kier molecular flexibility index (Phi) is 1.61. The molecule has 2 fully saturated rings. The second-order valence-electron chi connectivity index (χ2n) is 3.05. The van der Waals surface area contributed by atoms with Gasteiger partial charge in [0.15, 0.2) is 0 Å². The van der Waals surface area contributed by atoms with Crippen molar-refractivity contribution >= 4 is 17.7 Å². The van der Waals surface area contributed by atoms with Gasteiger partial charge < -0.3 is 9.84 Å². The molecule has 1 saturated heterocycles. The van der Waals surface area contributed by atoms with E-state index < -0.39 is 5.97 Å². The average molecular weight is 174 g/mol. The third kappa shape index (κ3) is 1.14. The van der Waals surface area contributed by atoms with E-state index in [-0.39, 0.29) is 10.9 Å². The van der Waals surface area contributed by atoms with Crippen molar-refractivity contribution in [1.29, 1.82) is 0 Å². The fourth-order valence-electron chi connectivity index (χ4n) is 1.60. The van der Waals surface area contributed by atoms with Crippen molar-refractivity contribution in [2.45, 2.75) is 17.8 Å². The molecule has 1 N–H and O–H groups in total. The van der Waals surface area contributed by atoms with Crippen molar-refractivity contribution in [2.24, 2.45) is 5.92 Å². The lowest BCUT2D eigenvalue weighted by Crippen LogP contribution is -2.44. The van der Waals surface area contributed by atoms with Crippen LogP contribution in [0.3, 0.4) is 0 Å². The largest absolute Gasteiger partial charge is 0.481 e. The lowest BCUT2D eigenvalue weighted by atomic mass is 9.81. The van der Waals surface area contributed by atoms with Gasteiger partial charge in [0.25, 0.3) is 0 Å². The third-order valence-corrected chi connectivity index (χ3v) is 3.63. The summed E-state index contributed by atoms with van der Waals surface area (Å²) in [5.41, 5.74) is 0. The van der Waals surface area contributed by atoms with E-state index in [9.17, 15) is 4.79 Å². The smallest absolute Gasteiger partial charge is 0.306 e. The van der Waals surface area contributed by atoms with Gasteiger partial charge in [0.05, 0.1) is 12.5 Å². The standard InChI is InChI=1S/C7H10O3S/c8-6(9)5-3-7(4-5)10-1-2-11-7/h5H,1-4H2,(H,8,9). The van der Waals surface area contributed by atoms with Gasteiger partial charge in [-0.1, -0.05) is 0 Å². The van der Waals surface area contributed by atoms with E-state index in [1.807, 2.05) is 0 Å². The molecule has 0 unspecified atom stereocenters. The monoisotopic (exact) mass is 174 g/mol. The van der Waals surface area contributed by atoms with Crippen LogP contribution in [0, 0.1) is 5.92 Å². The van der Waals surface area contributed by atoms with Crippen molar-refractivity contribution < 1.29 is 14.6 Å². The lowest BCUT2D eigenvalue weighted by Gasteiger charge is -2.40. The minimum atomic E-state index is -0.674. The molecule has 1 saturated carbocycles. The minimum absolute atomic E-state index is 0.0942. The van der Waals surface area contributed by atoms with Gasteiger partial charge >= 0.3 is 5.97 Å². The number of rotatable bonds is 1. The molecule has 62 valence electrons. The number of ether oxygens (including phenoxy) is 1. The first-order valence-corrected chi connectivity index (χ1v) is 4.71. The van der Waals surface area contributed by atoms with Crippen LogP contribution in [-0.2, 0) is 9.53 Å². The molecule has 4 heteroatoms. The molecule has 1 aliphatic heterocycles. The summed E-state index contributed by atoms with van der Waals surface area (Å²) >= 11 is 1.77. The van der Waals surface area contributed by atoms with Crippen LogP contribution < -0.4 is 0 Å². The summed E-state index contributed by atoms with van der Waals surface area (Å²) in [5, 5.41) is 8.61. The predicted molar refractivity (Wildman–Crippen MR) is 41.5 cm³/mol. The number of hydrogen-bond donors (Lipinski definition) is 1. The maximum Gasteiger partial charge on any atom is 0.306 e. The van der Waals surface area contributed by atoms with E-state index in [1.165, 1.54) is 0 Å². The summed E-state index contributed by atoms with van der Waals surface area (Å²) in [6.45, 7) is 0.789. The molecular formula is C7H10O3S. The Morgan fingerprint density at radius 1 is 1.64 bits per heavy atom. The van der Waals surface area contributed by atoms with Gasteiger partial charge in [0, 0.05) is 5.75 Å². The Hall–Kier alpha value is -0.220. The van der Waals surface area contributed by atoms with Crippen LogP contribution >= 0.6 is 11.8 Å². The van der Waals surface area contributed by atoms with Crippen LogP contribution in [0.4, 0.5) is 0 Å².